The molecule has 8 nitrogen and oxygen atoms in total. The standard InChI is InChI=1S/C36H34F2N4O4/c1-22(2)39-35(46)32(44)20-29-26-12-8-9-13-30(26)41(19-18-36(29,37)38)31-17-16-27(34(45)40-25-10-6-5-7-11-25)33(28(31)21-43)42-23(3)14-15-24(42)4/h5-17,20,22,31H,18-19H2,1-4H3,(H,39,46)(H,40,45). The van der Waals surface area contributed by atoms with Crippen molar-refractivity contribution in [3.63, 3.8) is 0 Å². The molecule has 1 aliphatic carbocycles. The third-order valence-electron chi connectivity index (χ3n) is 7.95. The number of aryl methyl sites for hydroxylation is 2. The Morgan fingerprint density at radius 3 is 2.28 bits per heavy atom. The average molecular weight is 625 g/mol. The van der Waals surface area contributed by atoms with Gasteiger partial charge in [0.25, 0.3) is 17.7 Å². The summed E-state index contributed by atoms with van der Waals surface area (Å²) in [6, 6.07) is 17.7. The molecule has 1 aromatic heterocycles. The van der Waals surface area contributed by atoms with Crippen LogP contribution in [0.5, 0.6) is 0 Å². The molecule has 0 bridgehead atoms. The summed E-state index contributed by atoms with van der Waals surface area (Å²) in [6.07, 6.45) is 3.23. The summed E-state index contributed by atoms with van der Waals surface area (Å²) in [7, 11) is 0. The van der Waals surface area contributed by atoms with Crippen LogP contribution in [0.2, 0.25) is 0 Å². The summed E-state index contributed by atoms with van der Waals surface area (Å²) >= 11 is 0. The lowest BCUT2D eigenvalue weighted by Gasteiger charge is -2.36. The second kappa shape index (κ2) is 12.9. The van der Waals surface area contributed by atoms with Crippen LogP contribution in [0.15, 0.2) is 96.1 Å². The lowest BCUT2D eigenvalue weighted by Crippen LogP contribution is -2.40. The van der Waals surface area contributed by atoms with Crippen LogP contribution in [-0.2, 0) is 19.2 Å². The number of nitrogens with one attached hydrogen (secondary N) is 2. The number of alkyl halides is 2. The van der Waals surface area contributed by atoms with Crippen molar-refractivity contribution >= 4 is 46.2 Å². The number of rotatable bonds is 7. The number of hydrogen-bond acceptors (Lipinski definition) is 5. The van der Waals surface area contributed by atoms with Crippen molar-refractivity contribution in [2.24, 2.45) is 0 Å². The van der Waals surface area contributed by atoms with E-state index in [1.807, 2.05) is 38.0 Å². The van der Waals surface area contributed by atoms with E-state index in [4.69, 9.17) is 0 Å². The van der Waals surface area contributed by atoms with Crippen molar-refractivity contribution in [1.29, 1.82) is 0 Å². The number of halogens is 2. The van der Waals surface area contributed by atoms with Crippen LogP contribution < -0.4 is 15.5 Å². The van der Waals surface area contributed by atoms with Crippen molar-refractivity contribution < 1.29 is 28.0 Å². The molecule has 10 heteroatoms. The average Bonchev–Trinajstić information content (AvgIpc) is 3.31. The largest absolute Gasteiger partial charge is 0.359 e. The Labute approximate surface area is 265 Å². The number of amides is 2. The normalized spacial score (nSPS) is 18.2. The van der Waals surface area contributed by atoms with Gasteiger partial charge in [-0.05, 0) is 64.1 Å². The Morgan fingerprint density at radius 1 is 0.978 bits per heavy atom. The van der Waals surface area contributed by atoms with Crippen LogP contribution in [0.4, 0.5) is 20.2 Å². The Hall–Kier alpha value is -5.34. The van der Waals surface area contributed by atoms with E-state index in [1.165, 1.54) is 6.07 Å². The number of para-hydroxylation sites is 2. The molecule has 0 radical (unpaired) electrons. The first kappa shape index (κ1) is 32.1. The Morgan fingerprint density at radius 2 is 1.63 bits per heavy atom. The minimum atomic E-state index is -3.48. The summed E-state index contributed by atoms with van der Waals surface area (Å²) < 4.78 is 33.5. The van der Waals surface area contributed by atoms with Gasteiger partial charge >= 0.3 is 0 Å². The van der Waals surface area contributed by atoms with Gasteiger partial charge in [-0.1, -0.05) is 42.5 Å². The topological polar surface area (TPSA) is 101 Å². The molecule has 1 aliphatic heterocycles. The molecule has 2 N–H and O–H groups in total. The summed E-state index contributed by atoms with van der Waals surface area (Å²) in [5, 5.41) is 5.32. The number of carbonyl (C=O) groups is 3. The third-order valence-corrected chi connectivity index (χ3v) is 7.95. The quantitative estimate of drug-likeness (QED) is 0.200. The van der Waals surface area contributed by atoms with Crippen LogP contribution in [0.3, 0.4) is 0 Å². The molecule has 1 unspecified atom stereocenters. The molecule has 2 aromatic carbocycles. The van der Waals surface area contributed by atoms with Gasteiger partial charge in [0.2, 0.25) is 5.78 Å². The summed E-state index contributed by atoms with van der Waals surface area (Å²) in [4.78, 5) is 53.4. The molecule has 2 aliphatic rings. The number of hydrogen-bond donors (Lipinski definition) is 2. The van der Waals surface area contributed by atoms with Crippen LogP contribution in [0.25, 0.3) is 11.3 Å². The fraction of sp³-hybridized carbons (Fsp3) is 0.250. The zero-order valence-electron chi connectivity index (χ0n) is 25.9. The van der Waals surface area contributed by atoms with Crippen molar-refractivity contribution in [3.8, 4) is 0 Å². The highest BCUT2D eigenvalue weighted by Crippen LogP contribution is 2.45. The molecule has 2 amide bonds. The molecule has 0 fully saturated rings. The molecule has 1 atom stereocenters. The van der Waals surface area contributed by atoms with E-state index in [-0.39, 0.29) is 29.3 Å². The molecule has 3 aromatic rings. The van der Waals surface area contributed by atoms with Crippen LogP contribution in [0.1, 0.15) is 37.2 Å². The highest BCUT2D eigenvalue weighted by Gasteiger charge is 2.43. The molecule has 236 valence electrons. The third kappa shape index (κ3) is 6.25. The number of benzene rings is 2. The summed E-state index contributed by atoms with van der Waals surface area (Å²) in [5.74, 6) is -3.95. The van der Waals surface area contributed by atoms with Crippen molar-refractivity contribution in [2.45, 2.75) is 52.1 Å². The number of nitrogens with zero attached hydrogens (tertiary/aromatic N) is 2. The van der Waals surface area contributed by atoms with E-state index in [1.54, 1.807) is 77.9 Å². The van der Waals surface area contributed by atoms with Gasteiger partial charge in [0.15, 0.2) is 0 Å². The maximum absolute atomic E-state index is 15.8. The number of anilines is 2. The minimum Gasteiger partial charge on any atom is -0.359 e. The van der Waals surface area contributed by atoms with E-state index in [2.05, 4.69) is 10.6 Å². The van der Waals surface area contributed by atoms with Crippen molar-refractivity contribution in [3.05, 3.63) is 113 Å². The van der Waals surface area contributed by atoms with Gasteiger partial charge < -0.3 is 20.1 Å². The van der Waals surface area contributed by atoms with Gasteiger partial charge in [-0.3, -0.25) is 14.4 Å². The number of aromatic nitrogens is 1. The zero-order valence-corrected chi connectivity index (χ0v) is 25.9. The smallest absolute Gasteiger partial charge is 0.291 e. The summed E-state index contributed by atoms with van der Waals surface area (Å²) in [6.45, 7) is 6.80. The van der Waals surface area contributed by atoms with Crippen LogP contribution >= 0.6 is 0 Å². The van der Waals surface area contributed by atoms with Crippen molar-refractivity contribution in [2.75, 3.05) is 16.8 Å². The van der Waals surface area contributed by atoms with Crippen molar-refractivity contribution in [1.82, 2.24) is 9.88 Å². The Kier molecular flexibility index (Phi) is 9.03. The van der Waals surface area contributed by atoms with Gasteiger partial charge in [-0.25, -0.2) is 13.6 Å². The fourth-order valence-corrected chi connectivity index (χ4v) is 5.85. The number of allylic oxidation sites excluding steroid dienone is 1. The first-order valence-electron chi connectivity index (χ1n) is 14.9. The SMILES string of the molecule is Cc1ccc(C)n1C1=C(C(=O)Nc2ccccc2)C=CC(N2CCC(F)(F)C(=CC(=O)C(=O)NC(C)C)c3ccccc32)C1=C=O. The number of ketones is 1. The maximum atomic E-state index is 15.8. The van der Waals surface area contributed by atoms with E-state index < -0.39 is 41.6 Å². The molecule has 0 spiro atoms. The first-order chi connectivity index (χ1) is 21.9. The molecule has 0 saturated carbocycles. The number of fused-ring (bicyclic) bond motifs is 1. The van der Waals surface area contributed by atoms with E-state index in [9.17, 15) is 19.2 Å². The highest BCUT2D eigenvalue weighted by molar-refractivity contribution is 6.42. The molecule has 5 rings (SSSR count). The van der Waals surface area contributed by atoms with Gasteiger partial charge in [-0.2, -0.15) is 0 Å². The van der Waals surface area contributed by atoms with E-state index >= 15 is 8.78 Å². The maximum Gasteiger partial charge on any atom is 0.291 e. The Bertz CT molecular complexity index is 1830. The van der Waals surface area contributed by atoms with Gasteiger partial charge in [0.1, 0.15) is 5.94 Å². The first-order valence-corrected chi connectivity index (χ1v) is 14.9. The lowest BCUT2D eigenvalue weighted by atomic mass is 9.91. The second-order valence-electron chi connectivity index (χ2n) is 11.6. The predicted molar refractivity (Wildman–Crippen MR) is 174 cm³/mol. The lowest BCUT2D eigenvalue weighted by molar-refractivity contribution is -0.135. The second-order valence-corrected chi connectivity index (χ2v) is 11.6. The van der Waals surface area contributed by atoms with Gasteiger partial charge in [0, 0.05) is 59.0 Å². The zero-order chi connectivity index (χ0) is 33.2. The molecular formula is C36H34F2N4O4. The van der Waals surface area contributed by atoms with E-state index in [0.29, 0.717) is 23.1 Å². The minimum absolute atomic E-state index is 0.0563. The fourth-order valence-electron chi connectivity index (χ4n) is 5.85. The molecule has 0 saturated heterocycles. The predicted octanol–water partition coefficient (Wildman–Crippen LogP) is 5.67. The Balaban J connectivity index is 1.62. The highest BCUT2D eigenvalue weighted by atomic mass is 19.3. The van der Waals surface area contributed by atoms with Gasteiger partial charge in [-0.15, -0.1) is 0 Å². The van der Waals surface area contributed by atoms with E-state index in [0.717, 1.165) is 11.4 Å². The van der Waals surface area contributed by atoms with Crippen LogP contribution in [0, 0.1) is 13.8 Å². The molecule has 2 heterocycles. The summed E-state index contributed by atoms with van der Waals surface area (Å²) in [5.41, 5.74) is 2.46. The molecular weight excluding hydrogens is 590 g/mol. The molecule has 46 heavy (non-hydrogen) atoms. The van der Waals surface area contributed by atoms with Gasteiger partial charge in [0.05, 0.1) is 22.9 Å². The monoisotopic (exact) mass is 624 g/mol. The van der Waals surface area contributed by atoms with Crippen LogP contribution in [-0.4, -0.2) is 52.7 Å². The number of carbonyl (C=O) groups excluding carboxylic acids is 4.